The van der Waals surface area contributed by atoms with E-state index in [0.29, 0.717) is 11.8 Å². The zero-order valence-electron chi connectivity index (χ0n) is 8.96. The van der Waals surface area contributed by atoms with E-state index in [9.17, 15) is 4.79 Å². The fourth-order valence-corrected chi connectivity index (χ4v) is 2.55. The van der Waals surface area contributed by atoms with Gasteiger partial charge in [0.2, 0.25) is 5.91 Å². The van der Waals surface area contributed by atoms with Crippen LogP contribution in [0.3, 0.4) is 0 Å². The van der Waals surface area contributed by atoms with Gasteiger partial charge in [-0.3, -0.25) is 4.79 Å². The van der Waals surface area contributed by atoms with Crippen LogP contribution in [0.5, 0.6) is 0 Å². The van der Waals surface area contributed by atoms with Crippen molar-refractivity contribution in [2.75, 3.05) is 13.1 Å². The van der Waals surface area contributed by atoms with E-state index in [1.54, 1.807) is 0 Å². The summed E-state index contributed by atoms with van der Waals surface area (Å²) in [5, 5.41) is 0. The van der Waals surface area contributed by atoms with Gasteiger partial charge in [0.15, 0.2) is 0 Å². The summed E-state index contributed by atoms with van der Waals surface area (Å²) in [6, 6.07) is 0.0833. The lowest BCUT2D eigenvalue weighted by molar-refractivity contribution is -0.128. The maximum absolute atomic E-state index is 11.5. The molecular formula is C11H20N2O. The van der Waals surface area contributed by atoms with Gasteiger partial charge in [0.05, 0.1) is 0 Å². The van der Waals surface area contributed by atoms with E-state index in [-0.39, 0.29) is 11.9 Å². The van der Waals surface area contributed by atoms with Crippen LogP contribution in [0.1, 0.15) is 39.0 Å². The Morgan fingerprint density at radius 1 is 1.57 bits per heavy atom. The van der Waals surface area contributed by atoms with Crippen molar-refractivity contribution in [2.24, 2.45) is 11.1 Å². The van der Waals surface area contributed by atoms with Crippen molar-refractivity contribution in [1.82, 2.24) is 4.90 Å². The molecule has 1 saturated heterocycles. The average molecular weight is 196 g/mol. The van der Waals surface area contributed by atoms with Gasteiger partial charge >= 0.3 is 0 Å². The summed E-state index contributed by atoms with van der Waals surface area (Å²) in [6.07, 6.45) is 5.67. The van der Waals surface area contributed by atoms with E-state index < -0.39 is 0 Å². The molecule has 0 radical (unpaired) electrons. The van der Waals surface area contributed by atoms with Gasteiger partial charge in [-0.05, 0) is 24.7 Å². The fourth-order valence-electron chi connectivity index (χ4n) is 2.55. The van der Waals surface area contributed by atoms with E-state index in [1.165, 1.54) is 25.7 Å². The number of rotatable bonds is 4. The Balaban J connectivity index is 1.88. The van der Waals surface area contributed by atoms with E-state index in [4.69, 9.17) is 5.73 Å². The molecule has 0 bridgehead atoms. The highest BCUT2D eigenvalue weighted by molar-refractivity contribution is 5.79. The molecule has 1 saturated carbocycles. The Kier molecular flexibility index (Phi) is 2.52. The van der Waals surface area contributed by atoms with Crippen LogP contribution in [-0.4, -0.2) is 29.9 Å². The number of hydrogen-bond donors (Lipinski definition) is 1. The third-order valence-corrected chi connectivity index (χ3v) is 3.51. The molecule has 1 unspecified atom stereocenters. The molecule has 1 atom stereocenters. The van der Waals surface area contributed by atoms with Gasteiger partial charge in [-0.2, -0.15) is 0 Å². The zero-order chi connectivity index (χ0) is 10.2. The normalized spacial score (nSPS) is 29.7. The summed E-state index contributed by atoms with van der Waals surface area (Å²) < 4.78 is 0. The highest BCUT2D eigenvalue weighted by atomic mass is 16.2. The SMILES string of the molecule is CCCC1(CN2CC(N)CC2=O)CC1. The number of carbonyl (C=O) groups is 1. The average Bonchev–Trinajstić information content (AvgIpc) is 2.77. The minimum Gasteiger partial charge on any atom is -0.341 e. The Morgan fingerprint density at radius 2 is 2.29 bits per heavy atom. The van der Waals surface area contributed by atoms with Crippen molar-refractivity contribution in [3.8, 4) is 0 Å². The number of hydrogen-bond acceptors (Lipinski definition) is 2. The van der Waals surface area contributed by atoms with Gasteiger partial charge in [-0.1, -0.05) is 13.3 Å². The maximum atomic E-state index is 11.5. The summed E-state index contributed by atoms with van der Waals surface area (Å²) in [6.45, 7) is 3.97. The Morgan fingerprint density at radius 3 is 2.71 bits per heavy atom. The Labute approximate surface area is 85.6 Å². The number of nitrogens with two attached hydrogens (primary N) is 1. The molecule has 0 aromatic carbocycles. The minimum absolute atomic E-state index is 0.0833. The quantitative estimate of drug-likeness (QED) is 0.732. The molecule has 2 N–H and O–H groups in total. The highest BCUT2D eigenvalue weighted by Gasteiger charge is 2.44. The number of amides is 1. The standard InChI is InChI=1S/C11H20N2O/c1-2-3-11(4-5-11)8-13-7-9(12)6-10(13)14/h9H,2-8,12H2,1H3. The van der Waals surface area contributed by atoms with Crippen LogP contribution >= 0.6 is 0 Å². The second kappa shape index (κ2) is 3.54. The van der Waals surface area contributed by atoms with E-state index >= 15 is 0 Å². The molecule has 2 rings (SSSR count). The Hall–Kier alpha value is -0.570. The lowest BCUT2D eigenvalue weighted by atomic mass is 10.0. The van der Waals surface area contributed by atoms with Crippen molar-refractivity contribution in [1.29, 1.82) is 0 Å². The molecular weight excluding hydrogens is 176 g/mol. The maximum Gasteiger partial charge on any atom is 0.224 e. The van der Waals surface area contributed by atoms with Crippen molar-refractivity contribution in [3.05, 3.63) is 0 Å². The number of nitrogens with zero attached hydrogens (tertiary/aromatic N) is 1. The molecule has 2 aliphatic rings. The first-order chi connectivity index (χ1) is 6.65. The second-order valence-corrected chi connectivity index (χ2v) is 4.99. The van der Waals surface area contributed by atoms with Crippen LogP contribution in [0, 0.1) is 5.41 Å². The predicted octanol–water partition coefficient (Wildman–Crippen LogP) is 1.13. The molecule has 0 spiro atoms. The van der Waals surface area contributed by atoms with Gasteiger partial charge in [-0.15, -0.1) is 0 Å². The summed E-state index contributed by atoms with van der Waals surface area (Å²) in [5.41, 5.74) is 6.25. The number of likely N-dealkylation sites (tertiary alicyclic amines) is 1. The van der Waals surface area contributed by atoms with Crippen LogP contribution in [0.4, 0.5) is 0 Å². The molecule has 80 valence electrons. The molecule has 0 aromatic rings. The summed E-state index contributed by atoms with van der Waals surface area (Å²) in [4.78, 5) is 13.5. The van der Waals surface area contributed by atoms with Crippen LogP contribution in [-0.2, 0) is 4.79 Å². The number of carbonyl (C=O) groups excluding carboxylic acids is 1. The predicted molar refractivity (Wildman–Crippen MR) is 55.7 cm³/mol. The lowest BCUT2D eigenvalue weighted by Gasteiger charge is -2.23. The fraction of sp³-hybridized carbons (Fsp3) is 0.909. The lowest BCUT2D eigenvalue weighted by Crippen LogP contribution is -2.33. The van der Waals surface area contributed by atoms with Crippen LogP contribution in [0.2, 0.25) is 0 Å². The van der Waals surface area contributed by atoms with Crippen LogP contribution < -0.4 is 5.73 Å². The molecule has 1 amide bonds. The summed E-state index contributed by atoms with van der Waals surface area (Å²) in [7, 11) is 0. The molecule has 1 aliphatic heterocycles. The third kappa shape index (κ3) is 1.92. The second-order valence-electron chi connectivity index (χ2n) is 4.99. The first kappa shape index (κ1) is 9.97. The van der Waals surface area contributed by atoms with Gasteiger partial charge in [-0.25, -0.2) is 0 Å². The zero-order valence-corrected chi connectivity index (χ0v) is 8.96. The minimum atomic E-state index is 0.0833. The van der Waals surface area contributed by atoms with E-state index in [1.807, 2.05) is 4.90 Å². The summed E-state index contributed by atoms with van der Waals surface area (Å²) >= 11 is 0. The summed E-state index contributed by atoms with van der Waals surface area (Å²) in [5.74, 6) is 0.264. The molecule has 14 heavy (non-hydrogen) atoms. The largest absolute Gasteiger partial charge is 0.341 e. The van der Waals surface area contributed by atoms with Crippen LogP contribution in [0.25, 0.3) is 0 Å². The first-order valence-electron chi connectivity index (χ1n) is 5.68. The molecule has 1 aliphatic carbocycles. The molecule has 1 heterocycles. The van der Waals surface area contributed by atoms with E-state index in [2.05, 4.69) is 6.92 Å². The van der Waals surface area contributed by atoms with Crippen molar-refractivity contribution in [3.63, 3.8) is 0 Å². The molecule has 3 heteroatoms. The molecule has 2 fully saturated rings. The highest BCUT2D eigenvalue weighted by Crippen LogP contribution is 2.50. The Bertz CT molecular complexity index is 235. The monoisotopic (exact) mass is 196 g/mol. The van der Waals surface area contributed by atoms with Gasteiger partial charge in [0, 0.05) is 25.6 Å². The smallest absolute Gasteiger partial charge is 0.224 e. The van der Waals surface area contributed by atoms with Crippen molar-refractivity contribution >= 4 is 5.91 Å². The van der Waals surface area contributed by atoms with Crippen LogP contribution in [0.15, 0.2) is 0 Å². The topological polar surface area (TPSA) is 46.3 Å². The van der Waals surface area contributed by atoms with Gasteiger partial charge in [0.1, 0.15) is 0 Å². The third-order valence-electron chi connectivity index (χ3n) is 3.51. The molecule has 3 nitrogen and oxygen atoms in total. The van der Waals surface area contributed by atoms with Gasteiger partial charge < -0.3 is 10.6 Å². The molecule has 0 aromatic heterocycles. The van der Waals surface area contributed by atoms with E-state index in [0.717, 1.165) is 13.1 Å². The van der Waals surface area contributed by atoms with Crippen molar-refractivity contribution in [2.45, 2.75) is 45.1 Å². The first-order valence-corrected chi connectivity index (χ1v) is 5.68. The van der Waals surface area contributed by atoms with Gasteiger partial charge in [0.25, 0.3) is 0 Å². The van der Waals surface area contributed by atoms with Crippen molar-refractivity contribution < 1.29 is 4.79 Å².